The van der Waals surface area contributed by atoms with Gasteiger partial charge in [-0.05, 0) is 18.6 Å². The van der Waals surface area contributed by atoms with Crippen LogP contribution in [0.1, 0.15) is 12.8 Å². The molecule has 0 bridgehead atoms. The lowest BCUT2D eigenvalue weighted by Gasteiger charge is -2.15. The van der Waals surface area contributed by atoms with E-state index in [2.05, 4.69) is 17.1 Å². The van der Waals surface area contributed by atoms with E-state index in [1.54, 1.807) is 0 Å². The smallest absolute Gasteiger partial charge is 0.0620 e. The largest absolute Gasteiger partial charge is 0.380 e. The number of nitrogens with one attached hydrogen (secondary N) is 1. The van der Waals surface area contributed by atoms with E-state index < -0.39 is 0 Å². The highest BCUT2D eigenvalue weighted by Crippen LogP contribution is 2.18. The van der Waals surface area contributed by atoms with Crippen LogP contribution in [0.2, 0.25) is 0 Å². The molecule has 11 heavy (non-hydrogen) atoms. The molecule has 2 nitrogen and oxygen atoms in total. The molecule has 2 aliphatic heterocycles. The first-order chi connectivity index (χ1) is 5.45. The molecule has 0 aromatic carbocycles. The highest BCUT2D eigenvalue weighted by atomic mass is 32.2. The molecular formula is C8H15NOS. The summed E-state index contributed by atoms with van der Waals surface area (Å²) in [6, 6.07) is 1.42. The quantitative estimate of drug-likeness (QED) is 0.669. The minimum Gasteiger partial charge on any atom is -0.380 e. The van der Waals surface area contributed by atoms with Crippen molar-refractivity contribution in [3.63, 3.8) is 0 Å². The molecule has 0 aromatic heterocycles. The molecule has 2 rings (SSSR count). The average Bonchev–Trinajstić information content (AvgIpc) is 2.60. The van der Waals surface area contributed by atoms with Crippen LogP contribution in [0.3, 0.4) is 0 Å². The number of thioether (sulfide) groups is 1. The van der Waals surface area contributed by atoms with Gasteiger partial charge in [0.1, 0.15) is 0 Å². The van der Waals surface area contributed by atoms with Gasteiger partial charge in [0, 0.05) is 24.4 Å². The van der Waals surface area contributed by atoms with E-state index in [1.807, 2.05) is 0 Å². The Morgan fingerprint density at radius 3 is 2.91 bits per heavy atom. The predicted octanol–water partition coefficient (Wildman–Crippen LogP) is 0.870. The maximum Gasteiger partial charge on any atom is 0.0620 e. The Morgan fingerprint density at radius 2 is 2.27 bits per heavy atom. The zero-order valence-electron chi connectivity index (χ0n) is 6.71. The van der Waals surface area contributed by atoms with Gasteiger partial charge in [0.25, 0.3) is 0 Å². The average molecular weight is 173 g/mol. The zero-order chi connectivity index (χ0) is 7.52. The maximum absolute atomic E-state index is 5.30. The third kappa shape index (κ3) is 2.10. The van der Waals surface area contributed by atoms with Crippen molar-refractivity contribution >= 4 is 11.8 Å². The van der Waals surface area contributed by atoms with Crippen LogP contribution in [0.15, 0.2) is 0 Å². The molecule has 0 saturated carbocycles. The lowest BCUT2D eigenvalue weighted by Crippen LogP contribution is -2.38. The van der Waals surface area contributed by atoms with E-state index in [4.69, 9.17) is 4.74 Å². The van der Waals surface area contributed by atoms with Gasteiger partial charge < -0.3 is 10.1 Å². The fourth-order valence-electron chi connectivity index (χ4n) is 1.67. The molecular weight excluding hydrogens is 158 g/mol. The van der Waals surface area contributed by atoms with Gasteiger partial charge in [-0.25, -0.2) is 0 Å². The van der Waals surface area contributed by atoms with Crippen LogP contribution >= 0.6 is 11.8 Å². The van der Waals surface area contributed by atoms with Gasteiger partial charge in [0.2, 0.25) is 0 Å². The summed E-state index contributed by atoms with van der Waals surface area (Å²) in [7, 11) is 0. The van der Waals surface area contributed by atoms with Gasteiger partial charge in [-0.2, -0.15) is 11.8 Å². The summed E-state index contributed by atoms with van der Waals surface area (Å²) in [5, 5.41) is 3.63. The Kier molecular flexibility index (Phi) is 2.72. The summed E-state index contributed by atoms with van der Waals surface area (Å²) in [6.45, 7) is 1.89. The second-order valence-corrected chi connectivity index (χ2v) is 4.44. The van der Waals surface area contributed by atoms with Crippen LogP contribution in [0.25, 0.3) is 0 Å². The third-order valence-electron chi connectivity index (χ3n) is 2.33. The molecule has 1 N–H and O–H groups in total. The summed E-state index contributed by atoms with van der Waals surface area (Å²) in [6.07, 6.45) is 2.56. The second-order valence-electron chi connectivity index (χ2n) is 3.29. The van der Waals surface area contributed by atoms with E-state index in [0.29, 0.717) is 6.04 Å². The number of rotatable bonds is 2. The minimum absolute atomic E-state index is 0.652. The van der Waals surface area contributed by atoms with Crippen molar-refractivity contribution < 1.29 is 4.74 Å². The topological polar surface area (TPSA) is 21.3 Å². The fourth-order valence-corrected chi connectivity index (χ4v) is 2.83. The zero-order valence-corrected chi connectivity index (χ0v) is 7.53. The Morgan fingerprint density at radius 1 is 1.27 bits per heavy atom. The summed E-state index contributed by atoms with van der Waals surface area (Å²) < 4.78 is 5.30. The molecule has 2 heterocycles. The second kappa shape index (κ2) is 3.78. The molecule has 0 spiro atoms. The normalized spacial score (nSPS) is 38.2. The first-order valence-electron chi connectivity index (χ1n) is 4.37. The molecule has 2 fully saturated rings. The van der Waals surface area contributed by atoms with Gasteiger partial charge in [0.05, 0.1) is 6.61 Å². The van der Waals surface area contributed by atoms with E-state index >= 15 is 0 Å². The van der Waals surface area contributed by atoms with Gasteiger partial charge in [-0.1, -0.05) is 0 Å². The highest BCUT2D eigenvalue weighted by molar-refractivity contribution is 7.99. The maximum atomic E-state index is 5.30. The standard InChI is InChI=1S/C8H15NOS/c1-3-10-5-7(1)9-8-2-4-11-6-8/h7-9H,1-6H2. The SMILES string of the molecule is C1CC(NC2CCSC2)CO1. The van der Waals surface area contributed by atoms with Crippen LogP contribution in [0, 0.1) is 0 Å². The van der Waals surface area contributed by atoms with Gasteiger partial charge in [-0.3, -0.25) is 0 Å². The van der Waals surface area contributed by atoms with Crippen LogP contribution < -0.4 is 5.32 Å². The van der Waals surface area contributed by atoms with Crippen LogP contribution in [-0.2, 0) is 4.74 Å². The van der Waals surface area contributed by atoms with E-state index in [1.165, 1.54) is 24.3 Å². The van der Waals surface area contributed by atoms with E-state index in [0.717, 1.165) is 19.3 Å². The summed E-state index contributed by atoms with van der Waals surface area (Å²) >= 11 is 2.06. The fraction of sp³-hybridized carbons (Fsp3) is 1.00. The Hall–Kier alpha value is 0.270. The molecule has 2 aliphatic rings. The first kappa shape index (κ1) is 7.90. The van der Waals surface area contributed by atoms with Crippen molar-refractivity contribution in [3.8, 4) is 0 Å². The summed E-state index contributed by atoms with van der Waals surface area (Å²) in [5.74, 6) is 2.64. The van der Waals surface area contributed by atoms with Crippen LogP contribution in [-0.4, -0.2) is 36.8 Å². The van der Waals surface area contributed by atoms with Crippen LogP contribution in [0.4, 0.5) is 0 Å². The molecule has 3 heteroatoms. The molecule has 0 radical (unpaired) electrons. The van der Waals surface area contributed by atoms with Crippen molar-refractivity contribution in [1.29, 1.82) is 0 Å². The van der Waals surface area contributed by atoms with Crippen LogP contribution in [0.5, 0.6) is 0 Å². The molecule has 2 atom stereocenters. The summed E-state index contributed by atoms with van der Waals surface area (Å²) in [4.78, 5) is 0. The van der Waals surface area contributed by atoms with Crippen molar-refractivity contribution in [2.45, 2.75) is 24.9 Å². The van der Waals surface area contributed by atoms with Crippen molar-refractivity contribution in [3.05, 3.63) is 0 Å². The van der Waals surface area contributed by atoms with Crippen molar-refractivity contribution in [2.24, 2.45) is 0 Å². The molecule has 0 aliphatic carbocycles. The summed E-state index contributed by atoms with van der Waals surface area (Å²) in [5.41, 5.74) is 0. The first-order valence-corrected chi connectivity index (χ1v) is 5.52. The molecule has 64 valence electrons. The van der Waals surface area contributed by atoms with Gasteiger partial charge in [-0.15, -0.1) is 0 Å². The number of hydrogen-bond acceptors (Lipinski definition) is 3. The lowest BCUT2D eigenvalue weighted by molar-refractivity contribution is 0.188. The molecule has 0 amide bonds. The highest BCUT2D eigenvalue weighted by Gasteiger charge is 2.21. The van der Waals surface area contributed by atoms with E-state index in [9.17, 15) is 0 Å². The minimum atomic E-state index is 0.652. The van der Waals surface area contributed by atoms with E-state index in [-0.39, 0.29) is 0 Å². The predicted molar refractivity (Wildman–Crippen MR) is 48.1 cm³/mol. The van der Waals surface area contributed by atoms with Gasteiger partial charge in [0.15, 0.2) is 0 Å². The Bertz CT molecular complexity index is 105. The Balaban J connectivity index is 1.71. The number of ether oxygens (including phenoxy) is 1. The number of hydrogen-bond donors (Lipinski definition) is 1. The third-order valence-corrected chi connectivity index (χ3v) is 3.49. The van der Waals surface area contributed by atoms with Crippen molar-refractivity contribution in [1.82, 2.24) is 5.32 Å². The lowest BCUT2D eigenvalue weighted by atomic mass is 10.2. The molecule has 2 unspecified atom stereocenters. The van der Waals surface area contributed by atoms with Crippen molar-refractivity contribution in [2.75, 3.05) is 24.7 Å². The van der Waals surface area contributed by atoms with Gasteiger partial charge >= 0.3 is 0 Å². The molecule has 0 aromatic rings. The monoisotopic (exact) mass is 173 g/mol. The molecule has 2 saturated heterocycles. The Labute approximate surface area is 72.1 Å².